The Balaban J connectivity index is 2.21. The minimum absolute atomic E-state index is 0.760. The summed E-state index contributed by atoms with van der Waals surface area (Å²) in [7, 11) is 4.55. The molecule has 1 heterocycles. The van der Waals surface area contributed by atoms with Crippen LogP contribution in [0.1, 0.15) is 11.6 Å². The second kappa shape index (κ2) is 2.08. The van der Waals surface area contributed by atoms with Crippen molar-refractivity contribution in [3.8, 4) is 0 Å². The molecule has 58 valence electrons. The molecule has 0 bridgehead atoms. The molecule has 1 saturated heterocycles. The molecule has 11 heavy (non-hydrogen) atoms. The first-order chi connectivity index (χ1) is 5.20. The smallest absolute Gasteiger partial charge is 0.164 e. The van der Waals surface area contributed by atoms with E-state index in [4.69, 9.17) is 0 Å². The SMILES string of the molecule is C[N+]1(C)CC1c1ccccc1. The van der Waals surface area contributed by atoms with Crippen molar-refractivity contribution >= 4 is 0 Å². The van der Waals surface area contributed by atoms with Crippen LogP contribution in [0.25, 0.3) is 0 Å². The Bertz CT molecular complexity index is 251. The fourth-order valence-electron chi connectivity index (χ4n) is 1.58. The zero-order valence-corrected chi connectivity index (χ0v) is 7.12. The van der Waals surface area contributed by atoms with E-state index < -0.39 is 0 Å². The maximum atomic E-state index is 2.28. The van der Waals surface area contributed by atoms with E-state index in [0.717, 1.165) is 10.5 Å². The van der Waals surface area contributed by atoms with Gasteiger partial charge >= 0.3 is 0 Å². The van der Waals surface area contributed by atoms with E-state index in [1.807, 2.05) is 0 Å². The van der Waals surface area contributed by atoms with Crippen LogP contribution in [-0.2, 0) is 0 Å². The lowest BCUT2D eigenvalue weighted by Gasteiger charge is -2.04. The van der Waals surface area contributed by atoms with E-state index in [0.29, 0.717) is 0 Å². The molecule has 0 saturated carbocycles. The standard InChI is InChI=1S/C10H14N/c1-11(2)8-10(11)9-6-4-3-5-7-9/h3-7,10H,8H2,1-2H3/q+1. The molecule has 1 atom stereocenters. The van der Waals surface area contributed by atoms with Crippen molar-refractivity contribution in [1.82, 2.24) is 0 Å². The molecule has 0 aliphatic carbocycles. The van der Waals surface area contributed by atoms with E-state index in [9.17, 15) is 0 Å². The van der Waals surface area contributed by atoms with Gasteiger partial charge in [-0.3, -0.25) is 0 Å². The molecule has 1 aliphatic rings. The molecule has 1 aromatic carbocycles. The summed E-state index contributed by atoms with van der Waals surface area (Å²) >= 11 is 0. The third-order valence-electron chi connectivity index (χ3n) is 2.54. The average Bonchev–Trinajstić information content (AvgIpc) is 2.62. The fourth-order valence-corrected chi connectivity index (χ4v) is 1.58. The zero-order valence-electron chi connectivity index (χ0n) is 7.12. The molecule has 1 aromatic rings. The summed E-state index contributed by atoms with van der Waals surface area (Å²) in [6, 6.07) is 11.5. The van der Waals surface area contributed by atoms with E-state index in [1.165, 1.54) is 12.1 Å². The normalized spacial score (nSPS) is 26.5. The predicted octanol–water partition coefficient (Wildman–Crippen LogP) is 1.82. The van der Waals surface area contributed by atoms with Crippen molar-refractivity contribution in [2.45, 2.75) is 6.04 Å². The highest BCUT2D eigenvalue weighted by Gasteiger charge is 2.48. The first-order valence-corrected chi connectivity index (χ1v) is 4.08. The quantitative estimate of drug-likeness (QED) is 0.421. The third-order valence-corrected chi connectivity index (χ3v) is 2.54. The van der Waals surface area contributed by atoms with Crippen LogP contribution in [0.2, 0.25) is 0 Å². The van der Waals surface area contributed by atoms with Crippen LogP contribution in [0.3, 0.4) is 0 Å². The highest BCUT2D eigenvalue weighted by atomic mass is 15.5. The molecule has 0 N–H and O–H groups in total. The summed E-state index contributed by atoms with van der Waals surface area (Å²) < 4.78 is 1.16. The Labute approximate surface area is 67.9 Å². The molecule has 0 radical (unpaired) electrons. The van der Waals surface area contributed by atoms with Crippen LogP contribution < -0.4 is 0 Å². The second-order valence-electron chi connectivity index (χ2n) is 3.89. The average molecular weight is 148 g/mol. The highest BCUT2D eigenvalue weighted by molar-refractivity contribution is 5.19. The van der Waals surface area contributed by atoms with Crippen LogP contribution >= 0.6 is 0 Å². The number of likely N-dealkylation sites (N-methyl/N-ethyl adjacent to an activating group) is 1. The van der Waals surface area contributed by atoms with Gasteiger partial charge in [0.2, 0.25) is 0 Å². The van der Waals surface area contributed by atoms with Crippen LogP contribution in [0.4, 0.5) is 0 Å². The Morgan fingerprint density at radius 1 is 1.18 bits per heavy atom. The molecule has 2 rings (SSSR count). The molecule has 0 spiro atoms. The van der Waals surface area contributed by atoms with Gasteiger partial charge in [0.1, 0.15) is 6.54 Å². The minimum atomic E-state index is 0.760. The number of hydrogen-bond acceptors (Lipinski definition) is 0. The first kappa shape index (κ1) is 6.86. The molecule has 1 unspecified atom stereocenters. The van der Waals surface area contributed by atoms with E-state index in [-0.39, 0.29) is 0 Å². The Hall–Kier alpha value is -0.820. The van der Waals surface area contributed by atoms with Crippen molar-refractivity contribution in [3.05, 3.63) is 35.9 Å². The second-order valence-corrected chi connectivity index (χ2v) is 3.89. The Morgan fingerprint density at radius 3 is 2.18 bits per heavy atom. The minimum Gasteiger partial charge on any atom is -0.312 e. The van der Waals surface area contributed by atoms with Crippen LogP contribution in [0, 0.1) is 0 Å². The number of quaternary nitrogens is 1. The Kier molecular flexibility index (Phi) is 1.30. The van der Waals surface area contributed by atoms with Gasteiger partial charge in [0.25, 0.3) is 0 Å². The van der Waals surface area contributed by atoms with Gasteiger partial charge in [0.15, 0.2) is 6.04 Å². The maximum absolute atomic E-state index is 2.28. The van der Waals surface area contributed by atoms with Crippen molar-refractivity contribution in [2.24, 2.45) is 0 Å². The van der Waals surface area contributed by atoms with Crippen LogP contribution in [-0.4, -0.2) is 25.1 Å². The first-order valence-electron chi connectivity index (χ1n) is 4.08. The van der Waals surface area contributed by atoms with Crippen molar-refractivity contribution in [1.29, 1.82) is 0 Å². The molecule has 1 nitrogen and oxygen atoms in total. The lowest BCUT2D eigenvalue weighted by molar-refractivity contribution is -0.772. The molecule has 0 aromatic heterocycles. The zero-order chi connectivity index (χ0) is 7.90. The molecule has 1 aliphatic heterocycles. The van der Waals surface area contributed by atoms with Crippen molar-refractivity contribution in [2.75, 3.05) is 20.6 Å². The van der Waals surface area contributed by atoms with E-state index >= 15 is 0 Å². The van der Waals surface area contributed by atoms with Crippen LogP contribution in [0.15, 0.2) is 30.3 Å². The van der Waals surface area contributed by atoms with Gasteiger partial charge in [-0.05, 0) is 0 Å². The van der Waals surface area contributed by atoms with Gasteiger partial charge in [-0.2, -0.15) is 0 Å². The summed E-state index contributed by atoms with van der Waals surface area (Å²) in [5, 5.41) is 0. The summed E-state index contributed by atoms with van der Waals surface area (Å²) in [6.07, 6.45) is 0. The highest BCUT2D eigenvalue weighted by Crippen LogP contribution is 2.39. The third kappa shape index (κ3) is 1.16. The number of benzene rings is 1. The van der Waals surface area contributed by atoms with Gasteiger partial charge in [-0.1, -0.05) is 30.3 Å². The molecule has 0 amide bonds. The summed E-state index contributed by atoms with van der Waals surface area (Å²) in [5.41, 5.74) is 1.48. The predicted molar refractivity (Wildman–Crippen MR) is 46.2 cm³/mol. The van der Waals surface area contributed by atoms with Crippen LogP contribution in [0.5, 0.6) is 0 Å². The van der Waals surface area contributed by atoms with Gasteiger partial charge < -0.3 is 4.48 Å². The van der Waals surface area contributed by atoms with Gasteiger partial charge in [-0.15, -0.1) is 0 Å². The molecular weight excluding hydrogens is 134 g/mol. The summed E-state index contributed by atoms with van der Waals surface area (Å²) in [4.78, 5) is 0. The van der Waals surface area contributed by atoms with E-state index in [2.05, 4.69) is 44.4 Å². The lowest BCUT2D eigenvalue weighted by Crippen LogP contribution is -2.12. The monoisotopic (exact) mass is 148 g/mol. The van der Waals surface area contributed by atoms with Crippen molar-refractivity contribution in [3.63, 3.8) is 0 Å². The topological polar surface area (TPSA) is 0 Å². The largest absolute Gasteiger partial charge is 0.312 e. The summed E-state index contributed by atoms with van der Waals surface area (Å²) in [6.45, 7) is 1.30. The van der Waals surface area contributed by atoms with Crippen molar-refractivity contribution < 1.29 is 4.48 Å². The summed E-state index contributed by atoms with van der Waals surface area (Å²) in [5.74, 6) is 0. The lowest BCUT2D eigenvalue weighted by atomic mass is 10.2. The number of nitrogens with zero attached hydrogens (tertiary/aromatic N) is 1. The molecular formula is C10H14N+. The molecule has 1 fully saturated rings. The Morgan fingerprint density at radius 2 is 1.73 bits per heavy atom. The van der Waals surface area contributed by atoms with E-state index in [1.54, 1.807) is 0 Å². The molecule has 1 heteroatoms. The maximum Gasteiger partial charge on any atom is 0.164 e. The van der Waals surface area contributed by atoms with Gasteiger partial charge in [0, 0.05) is 5.56 Å². The van der Waals surface area contributed by atoms with Gasteiger partial charge in [-0.25, -0.2) is 0 Å². The fraction of sp³-hybridized carbons (Fsp3) is 0.400. The number of rotatable bonds is 1. The van der Waals surface area contributed by atoms with Gasteiger partial charge in [0.05, 0.1) is 14.1 Å². The number of hydrogen-bond donors (Lipinski definition) is 0.